The van der Waals surface area contributed by atoms with Crippen LogP contribution in [0.25, 0.3) is 0 Å². The second-order valence-corrected chi connectivity index (χ2v) is 6.05. The average molecular weight is 345 g/mol. The monoisotopic (exact) mass is 345 g/mol. The number of benzene rings is 2. The molecule has 2 amide bonds. The quantitative estimate of drug-likeness (QED) is 0.744. The van der Waals surface area contributed by atoms with Gasteiger partial charge in [0, 0.05) is 23.0 Å². The number of carbonyl (C=O) groups is 2. The molecule has 0 fully saturated rings. The third-order valence-electron chi connectivity index (χ3n) is 3.95. The van der Waals surface area contributed by atoms with Crippen molar-refractivity contribution < 1.29 is 9.59 Å². The van der Waals surface area contributed by atoms with Crippen LogP contribution in [0.4, 0.5) is 11.4 Å². The van der Waals surface area contributed by atoms with Gasteiger partial charge in [0.15, 0.2) is 0 Å². The lowest BCUT2D eigenvalue weighted by molar-refractivity contribution is 0.101. The van der Waals surface area contributed by atoms with Crippen molar-refractivity contribution >= 4 is 23.2 Å². The van der Waals surface area contributed by atoms with Crippen molar-refractivity contribution in [2.75, 3.05) is 10.6 Å². The first-order chi connectivity index (χ1) is 12.5. The fourth-order valence-electron chi connectivity index (χ4n) is 2.61. The maximum atomic E-state index is 12.4. The zero-order valence-electron chi connectivity index (χ0n) is 14.6. The fraction of sp³-hybridized carbons (Fsp3) is 0.0952. The van der Waals surface area contributed by atoms with E-state index < -0.39 is 0 Å². The number of aromatic nitrogens is 1. The highest BCUT2D eigenvalue weighted by Gasteiger charge is 2.10. The summed E-state index contributed by atoms with van der Waals surface area (Å²) in [5.41, 5.74) is 4.43. The van der Waals surface area contributed by atoms with Gasteiger partial charge < -0.3 is 10.6 Å². The van der Waals surface area contributed by atoms with Crippen molar-refractivity contribution in [1.29, 1.82) is 0 Å². The molecule has 0 radical (unpaired) electrons. The van der Waals surface area contributed by atoms with Crippen LogP contribution in [0.3, 0.4) is 0 Å². The Morgan fingerprint density at radius 2 is 1.58 bits per heavy atom. The molecule has 1 aromatic heterocycles. The molecule has 26 heavy (non-hydrogen) atoms. The van der Waals surface area contributed by atoms with Gasteiger partial charge in [-0.1, -0.05) is 17.7 Å². The van der Waals surface area contributed by atoms with E-state index in [-0.39, 0.29) is 11.8 Å². The zero-order valence-corrected chi connectivity index (χ0v) is 14.6. The molecular weight excluding hydrogens is 326 g/mol. The van der Waals surface area contributed by atoms with E-state index >= 15 is 0 Å². The third kappa shape index (κ3) is 4.13. The molecule has 5 nitrogen and oxygen atoms in total. The fourth-order valence-corrected chi connectivity index (χ4v) is 2.61. The molecule has 1 heterocycles. The zero-order chi connectivity index (χ0) is 18.5. The lowest BCUT2D eigenvalue weighted by Gasteiger charge is -2.09. The molecule has 2 aromatic carbocycles. The van der Waals surface area contributed by atoms with Gasteiger partial charge in [-0.15, -0.1) is 0 Å². The first-order valence-electron chi connectivity index (χ1n) is 8.23. The molecular formula is C21H19N3O2. The molecule has 2 N–H and O–H groups in total. The van der Waals surface area contributed by atoms with Gasteiger partial charge in [0.2, 0.25) is 0 Å². The van der Waals surface area contributed by atoms with Crippen molar-refractivity contribution in [2.24, 2.45) is 0 Å². The number of nitrogens with one attached hydrogen (secondary N) is 2. The lowest BCUT2D eigenvalue weighted by atomic mass is 10.1. The molecule has 0 atom stereocenters. The largest absolute Gasteiger partial charge is 0.322 e. The van der Waals surface area contributed by atoms with E-state index in [0.717, 1.165) is 11.1 Å². The number of aryl methyl sites for hydroxylation is 2. The molecule has 5 heteroatoms. The maximum absolute atomic E-state index is 12.4. The van der Waals surface area contributed by atoms with Crippen LogP contribution >= 0.6 is 0 Å². The summed E-state index contributed by atoms with van der Waals surface area (Å²) in [6.45, 7) is 3.90. The summed E-state index contributed by atoms with van der Waals surface area (Å²) in [5, 5.41) is 5.62. The molecule has 3 rings (SSSR count). The van der Waals surface area contributed by atoms with Gasteiger partial charge in [0.25, 0.3) is 11.8 Å². The van der Waals surface area contributed by atoms with Gasteiger partial charge in [-0.05, 0) is 61.9 Å². The van der Waals surface area contributed by atoms with Gasteiger partial charge in [0.05, 0.1) is 11.9 Å². The van der Waals surface area contributed by atoms with E-state index in [2.05, 4.69) is 15.6 Å². The first kappa shape index (κ1) is 17.4. The van der Waals surface area contributed by atoms with E-state index in [4.69, 9.17) is 0 Å². The second kappa shape index (κ2) is 7.61. The smallest absolute Gasteiger partial charge is 0.255 e. The van der Waals surface area contributed by atoms with Crippen LogP contribution in [0.15, 0.2) is 67.0 Å². The van der Waals surface area contributed by atoms with Crippen LogP contribution < -0.4 is 10.6 Å². The number of hydrogen-bond donors (Lipinski definition) is 2. The molecule has 130 valence electrons. The number of amides is 2. The highest BCUT2D eigenvalue weighted by Crippen LogP contribution is 2.16. The van der Waals surface area contributed by atoms with Gasteiger partial charge >= 0.3 is 0 Å². The Morgan fingerprint density at radius 1 is 0.846 bits per heavy atom. The number of nitrogens with zero attached hydrogens (tertiary/aromatic N) is 1. The standard InChI is InChI=1S/C21H19N3O2/c1-14-5-10-19(15(2)12-14)21(26)23-17-8-6-16(7-9-17)20(25)24-18-4-3-11-22-13-18/h3-13H,1-2H3,(H,23,26)(H,24,25). The predicted octanol–water partition coefficient (Wildman–Crippen LogP) is 4.20. The van der Waals surface area contributed by atoms with Crippen LogP contribution in [0.5, 0.6) is 0 Å². The molecule has 0 aliphatic carbocycles. The summed E-state index contributed by atoms with van der Waals surface area (Å²) in [7, 11) is 0. The number of rotatable bonds is 4. The van der Waals surface area contributed by atoms with Gasteiger partial charge in [0.1, 0.15) is 0 Å². The van der Waals surface area contributed by atoms with E-state index in [0.29, 0.717) is 22.5 Å². The normalized spacial score (nSPS) is 10.2. The van der Waals surface area contributed by atoms with Crippen LogP contribution in [0.1, 0.15) is 31.8 Å². The van der Waals surface area contributed by atoms with Crippen molar-refractivity contribution in [1.82, 2.24) is 4.98 Å². The molecule has 0 bridgehead atoms. The Kier molecular flexibility index (Phi) is 5.08. The van der Waals surface area contributed by atoms with Crippen LogP contribution in [-0.2, 0) is 0 Å². The second-order valence-electron chi connectivity index (χ2n) is 6.05. The van der Waals surface area contributed by atoms with Crippen molar-refractivity contribution in [2.45, 2.75) is 13.8 Å². The summed E-state index contributed by atoms with van der Waals surface area (Å²) >= 11 is 0. The molecule has 0 unspecified atom stereocenters. The minimum absolute atomic E-state index is 0.171. The van der Waals surface area contributed by atoms with Crippen LogP contribution in [0, 0.1) is 13.8 Å². The maximum Gasteiger partial charge on any atom is 0.255 e. The summed E-state index contributed by atoms with van der Waals surface area (Å²) in [6.07, 6.45) is 3.22. The molecule has 0 spiro atoms. The third-order valence-corrected chi connectivity index (χ3v) is 3.95. The Morgan fingerprint density at radius 3 is 2.23 bits per heavy atom. The molecule has 0 aliphatic rings. The Bertz CT molecular complexity index is 935. The van der Waals surface area contributed by atoms with E-state index in [1.807, 2.05) is 32.0 Å². The minimum Gasteiger partial charge on any atom is -0.322 e. The molecule has 0 aliphatic heterocycles. The SMILES string of the molecule is Cc1ccc(C(=O)Nc2ccc(C(=O)Nc3cccnc3)cc2)c(C)c1. The summed E-state index contributed by atoms with van der Waals surface area (Å²) in [5.74, 6) is -0.402. The number of carbonyl (C=O) groups excluding carboxylic acids is 2. The molecule has 0 saturated heterocycles. The predicted molar refractivity (Wildman–Crippen MR) is 103 cm³/mol. The van der Waals surface area contributed by atoms with Crippen molar-refractivity contribution in [3.05, 3.63) is 89.2 Å². The Labute approximate surface area is 152 Å². The average Bonchev–Trinajstić information content (AvgIpc) is 2.63. The number of hydrogen-bond acceptors (Lipinski definition) is 3. The highest BCUT2D eigenvalue weighted by molar-refractivity contribution is 6.06. The summed E-state index contributed by atoms with van der Waals surface area (Å²) < 4.78 is 0. The van der Waals surface area contributed by atoms with Crippen LogP contribution in [-0.4, -0.2) is 16.8 Å². The van der Waals surface area contributed by atoms with Crippen molar-refractivity contribution in [3.63, 3.8) is 0 Å². The minimum atomic E-state index is -0.231. The summed E-state index contributed by atoms with van der Waals surface area (Å²) in [6, 6.07) is 16.0. The number of anilines is 2. The topological polar surface area (TPSA) is 71.1 Å². The Hall–Kier alpha value is -3.47. The summed E-state index contributed by atoms with van der Waals surface area (Å²) in [4.78, 5) is 28.6. The van der Waals surface area contributed by atoms with Gasteiger partial charge in [-0.3, -0.25) is 14.6 Å². The van der Waals surface area contributed by atoms with Gasteiger partial charge in [-0.2, -0.15) is 0 Å². The first-order valence-corrected chi connectivity index (χ1v) is 8.23. The van der Waals surface area contributed by atoms with E-state index in [1.165, 1.54) is 0 Å². The highest BCUT2D eigenvalue weighted by atomic mass is 16.2. The molecule has 3 aromatic rings. The lowest BCUT2D eigenvalue weighted by Crippen LogP contribution is -2.14. The van der Waals surface area contributed by atoms with Crippen molar-refractivity contribution in [3.8, 4) is 0 Å². The van der Waals surface area contributed by atoms with Crippen LogP contribution in [0.2, 0.25) is 0 Å². The van der Waals surface area contributed by atoms with E-state index in [9.17, 15) is 9.59 Å². The molecule has 0 saturated carbocycles. The number of pyridine rings is 1. The Balaban J connectivity index is 1.67. The van der Waals surface area contributed by atoms with E-state index in [1.54, 1.807) is 48.8 Å². The van der Waals surface area contributed by atoms with Gasteiger partial charge in [-0.25, -0.2) is 0 Å².